The molecule has 0 unspecified atom stereocenters. The van der Waals surface area contributed by atoms with E-state index in [1.165, 1.54) is 17.7 Å². The van der Waals surface area contributed by atoms with Crippen LogP contribution in [0.3, 0.4) is 0 Å². The molecule has 124 valence electrons. The number of unbranched alkanes of at least 4 members (excludes halogenated alkanes) is 1. The molecule has 0 aliphatic carbocycles. The van der Waals surface area contributed by atoms with Gasteiger partial charge >= 0.3 is 11.9 Å². The van der Waals surface area contributed by atoms with Crippen molar-refractivity contribution in [2.45, 2.75) is 17.7 Å². The number of carbonyl (C=O) groups is 2. The van der Waals surface area contributed by atoms with Crippen LogP contribution in [-0.4, -0.2) is 47.5 Å². The molecule has 1 aromatic rings. The number of hydrogen-bond acceptors (Lipinski definition) is 5. The van der Waals surface area contributed by atoms with Gasteiger partial charge in [0.1, 0.15) is 0 Å². The van der Waals surface area contributed by atoms with Crippen molar-refractivity contribution in [3.8, 4) is 0 Å². The zero-order valence-electron chi connectivity index (χ0n) is 12.1. The van der Waals surface area contributed by atoms with Crippen molar-refractivity contribution in [2.75, 3.05) is 25.4 Å². The Balaban J connectivity index is 0.000000626. The highest BCUT2D eigenvalue weighted by atomic mass is 35.5. The molecule has 0 saturated carbocycles. The van der Waals surface area contributed by atoms with E-state index in [1.807, 2.05) is 23.9 Å². The molecule has 0 heterocycles. The van der Waals surface area contributed by atoms with Gasteiger partial charge in [-0.3, -0.25) is 0 Å². The van der Waals surface area contributed by atoms with Gasteiger partial charge < -0.3 is 21.3 Å². The van der Waals surface area contributed by atoms with E-state index >= 15 is 0 Å². The average Bonchev–Trinajstić information content (AvgIpc) is 2.49. The number of carboxylic acid groups (broad SMARTS) is 2. The summed E-state index contributed by atoms with van der Waals surface area (Å²) >= 11 is 7.70. The van der Waals surface area contributed by atoms with Crippen molar-refractivity contribution in [2.24, 2.45) is 5.73 Å². The van der Waals surface area contributed by atoms with Crippen molar-refractivity contribution < 1.29 is 19.8 Å². The number of benzene rings is 1. The number of nitrogens with one attached hydrogen (secondary N) is 1. The van der Waals surface area contributed by atoms with Crippen LogP contribution in [0, 0.1) is 0 Å². The second kappa shape index (κ2) is 13.4. The summed E-state index contributed by atoms with van der Waals surface area (Å²) in [5, 5.41) is 18.9. The van der Waals surface area contributed by atoms with Gasteiger partial charge in [0.2, 0.25) is 0 Å². The van der Waals surface area contributed by atoms with Gasteiger partial charge in [0.15, 0.2) is 0 Å². The smallest absolute Gasteiger partial charge is 0.414 e. The molecule has 0 fully saturated rings. The van der Waals surface area contributed by atoms with E-state index in [9.17, 15) is 0 Å². The Labute approximate surface area is 139 Å². The second-order valence-electron chi connectivity index (χ2n) is 4.16. The predicted molar refractivity (Wildman–Crippen MR) is 88.6 cm³/mol. The molecule has 1 rings (SSSR count). The van der Waals surface area contributed by atoms with E-state index < -0.39 is 11.9 Å². The topological polar surface area (TPSA) is 113 Å². The normalized spacial score (nSPS) is 9.73. The van der Waals surface area contributed by atoms with E-state index in [1.54, 1.807) is 0 Å². The maximum absolute atomic E-state index is 9.10. The number of hydrogen-bond donors (Lipinski definition) is 4. The first-order valence-corrected chi connectivity index (χ1v) is 8.09. The number of rotatable bonds is 8. The molecule has 22 heavy (non-hydrogen) atoms. The highest BCUT2D eigenvalue weighted by Gasteiger charge is 2.04. The Hall–Kier alpha value is -1.28. The van der Waals surface area contributed by atoms with Crippen LogP contribution >= 0.6 is 23.4 Å². The molecule has 0 aliphatic heterocycles. The van der Waals surface area contributed by atoms with E-state index in [0.717, 1.165) is 30.4 Å². The lowest BCUT2D eigenvalue weighted by Gasteiger charge is -2.03. The number of nitrogens with two attached hydrogens (primary N) is 1. The van der Waals surface area contributed by atoms with Gasteiger partial charge in [-0.15, -0.1) is 11.8 Å². The number of carboxylic acids is 2. The Morgan fingerprint density at radius 3 is 2.18 bits per heavy atom. The zero-order valence-corrected chi connectivity index (χ0v) is 13.7. The molecule has 0 bridgehead atoms. The Kier molecular flexibility index (Phi) is 12.6. The zero-order chi connectivity index (χ0) is 16.8. The van der Waals surface area contributed by atoms with Crippen molar-refractivity contribution >= 4 is 35.3 Å². The lowest BCUT2D eigenvalue weighted by atomic mass is 10.3. The average molecular weight is 349 g/mol. The summed E-state index contributed by atoms with van der Waals surface area (Å²) in [7, 11) is 0. The molecule has 0 amide bonds. The van der Waals surface area contributed by atoms with Crippen LogP contribution in [0.5, 0.6) is 0 Å². The van der Waals surface area contributed by atoms with E-state index in [4.69, 9.17) is 37.1 Å². The van der Waals surface area contributed by atoms with Gasteiger partial charge in [-0.05, 0) is 49.4 Å². The highest BCUT2D eigenvalue weighted by molar-refractivity contribution is 7.99. The fourth-order valence-electron chi connectivity index (χ4n) is 1.30. The van der Waals surface area contributed by atoms with E-state index in [-0.39, 0.29) is 0 Å². The molecule has 5 N–H and O–H groups in total. The van der Waals surface area contributed by atoms with Gasteiger partial charge in [0.25, 0.3) is 0 Å². The summed E-state index contributed by atoms with van der Waals surface area (Å²) in [6.45, 7) is 2.71. The number of aliphatic carboxylic acids is 2. The highest BCUT2D eigenvalue weighted by Crippen LogP contribution is 2.21. The summed E-state index contributed by atoms with van der Waals surface area (Å²) in [6, 6.07) is 8.01. The number of halogens is 1. The lowest BCUT2D eigenvalue weighted by Crippen LogP contribution is -2.23. The van der Waals surface area contributed by atoms with Crippen LogP contribution in [0.2, 0.25) is 5.02 Å². The van der Waals surface area contributed by atoms with Gasteiger partial charge in [0.05, 0.1) is 0 Å². The van der Waals surface area contributed by atoms with Gasteiger partial charge in [-0.1, -0.05) is 11.6 Å². The van der Waals surface area contributed by atoms with Crippen LogP contribution < -0.4 is 11.1 Å². The molecule has 0 saturated heterocycles. The number of thioether (sulfide) groups is 1. The first kappa shape index (κ1) is 20.7. The van der Waals surface area contributed by atoms with Gasteiger partial charge in [0, 0.05) is 23.0 Å². The monoisotopic (exact) mass is 348 g/mol. The van der Waals surface area contributed by atoms with Crippen LogP contribution in [-0.2, 0) is 9.59 Å². The van der Waals surface area contributed by atoms with Crippen molar-refractivity contribution in [3.05, 3.63) is 29.3 Å². The third kappa shape index (κ3) is 12.5. The molecule has 6 nitrogen and oxygen atoms in total. The third-order valence-electron chi connectivity index (χ3n) is 2.33. The molecule has 1 aromatic carbocycles. The van der Waals surface area contributed by atoms with Crippen LogP contribution in [0.25, 0.3) is 0 Å². The molecular weight excluding hydrogens is 328 g/mol. The minimum Gasteiger partial charge on any atom is -0.473 e. The third-order valence-corrected chi connectivity index (χ3v) is 3.68. The fourth-order valence-corrected chi connectivity index (χ4v) is 2.34. The van der Waals surface area contributed by atoms with Crippen molar-refractivity contribution in [1.29, 1.82) is 0 Å². The maximum Gasteiger partial charge on any atom is 0.414 e. The molecule has 0 spiro atoms. The Morgan fingerprint density at radius 2 is 1.68 bits per heavy atom. The molecule has 0 aliphatic rings. The molecule has 0 aromatic heterocycles. The SMILES string of the molecule is NCCNCCCCSc1ccc(Cl)cc1.O=C(O)C(=O)O. The van der Waals surface area contributed by atoms with Gasteiger partial charge in [-0.2, -0.15) is 0 Å². The van der Waals surface area contributed by atoms with Gasteiger partial charge in [-0.25, -0.2) is 9.59 Å². The lowest BCUT2D eigenvalue weighted by molar-refractivity contribution is -0.159. The summed E-state index contributed by atoms with van der Waals surface area (Å²) in [5.74, 6) is -2.49. The minimum atomic E-state index is -1.82. The quantitative estimate of drug-likeness (QED) is 0.322. The van der Waals surface area contributed by atoms with Crippen LogP contribution in [0.15, 0.2) is 29.2 Å². The minimum absolute atomic E-state index is 0.722. The second-order valence-corrected chi connectivity index (χ2v) is 5.76. The molecule has 8 heteroatoms. The Morgan fingerprint density at radius 1 is 1.09 bits per heavy atom. The molecule has 0 atom stereocenters. The first-order valence-electron chi connectivity index (χ1n) is 6.72. The van der Waals surface area contributed by atoms with E-state index in [0.29, 0.717) is 0 Å². The maximum atomic E-state index is 9.10. The predicted octanol–water partition coefficient (Wildman–Crippen LogP) is 1.92. The van der Waals surface area contributed by atoms with Crippen LogP contribution in [0.1, 0.15) is 12.8 Å². The fraction of sp³-hybridized carbons (Fsp3) is 0.429. The summed E-state index contributed by atoms with van der Waals surface area (Å²) < 4.78 is 0. The van der Waals surface area contributed by atoms with Crippen molar-refractivity contribution in [1.82, 2.24) is 5.32 Å². The summed E-state index contributed by atoms with van der Waals surface area (Å²) in [5.41, 5.74) is 5.38. The van der Waals surface area contributed by atoms with Crippen LogP contribution in [0.4, 0.5) is 0 Å². The van der Waals surface area contributed by atoms with E-state index in [2.05, 4.69) is 17.4 Å². The molecule has 0 radical (unpaired) electrons. The largest absolute Gasteiger partial charge is 0.473 e. The molecular formula is C14H21ClN2O4S. The van der Waals surface area contributed by atoms with Crippen molar-refractivity contribution in [3.63, 3.8) is 0 Å². The summed E-state index contributed by atoms with van der Waals surface area (Å²) in [6.07, 6.45) is 2.44. The standard InChI is InChI=1S/C12H19ClN2S.C2H2O4/c13-11-3-5-12(6-4-11)16-10-2-1-8-15-9-7-14;3-1(4)2(5)6/h3-6,15H,1-2,7-10,14H2;(H,3,4)(H,5,6). The summed E-state index contributed by atoms with van der Waals surface area (Å²) in [4.78, 5) is 19.5. The Bertz CT molecular complexity index is 431. The first-order chi connectivity index (χ1) is 10.5.